The molecule has 1 N–H and O–H groups in total. The van der Waals surface area contributed by atoms with Crippen LogP contribution in [0.15, 0.2) is 101 Å². The van der Waals surface area contributed by atoms with E-state index in [4.69, 9.17) is 14.7 Å². The van der Waals surface area contributed by atoms with Crippen molar-refractivity contribution in [1.82, 2.24) is 10.3 Å². The molecule has 0 saturated heterocycles. The topological polar surface area (TPSA) is 63.6 Å². The molecule has 0 radical (unpaired) electrons. The molecule has 5 rings (SSSR count). The Labute approximate surface area is 201 Å². The number of fused-ring (bicyclic) bond motifs is 2. The zero-order chi connectivity index (χ0) is 22.6. The highest BCUT2D eigenvalue weighted by atomic mass is 32.2. The minimum atomic E-state index is -0.448. The number of amides is 1. The van der Waals surface area contributed by atoms with Gasteiger partial charge in [-0.2, -0.15) is 0 Å². The van der Waals surface area contributed by atoms with E-state index in [9.17, 15) is 4.79 Å². The predicted octanol–water partition coefficient (Wildman–Crippen LogP) is 5.51. The molecule has 1 aromatic heterocycles. The molecule has 166 valence electrons. The summed E-state index contributed by atoms with van der Waals surface area (Å²) < 4.78 is 5.61. The van der Waals surface area contributed by atoms with Crippen molar-refractivity contribution < 1.29 is 9.53 Å². The maximum atomic E-state index is 13.4. The molecule has 7 heteroatoms. The van der Waals surface area contributed by atoms with Crippen LogP contribution in [-0.2, 0) is 9.53 Å². The number of nitrogens with one attached hydrogen (secondary N) is 1. The SMILES string of the molecule is CCOC1=C[C@@H]2SC(NC(=O)[C@H](Sc3ccc4ccccc4n3)c3ccccc3)=N[C@H]2C=C1. The van der Waals surface area contributed by atoms with Gasteiger partial charge in [-0.15, -0.1) is 0 Å². The number of hydrogen-bond donors (Lipinski definition) is 1. The van der Waals surface area contributed by atoms with Crippen molar-refractivity contribution in [2.75, 3.05) is 6.61 Å². The molecular weight excluding hydrogens is 450 g/mol. The molecule has 1 aliphatic carbocycles. The van der Waals surface area contributed by atoms with Crippen molar-refractivity contribution in [2.24, 2.45) is 4.99 Å². The van der Waals surface area contributed by atoms with E-state index in [1.807, 2.05) is 85.8 Å². The van der Waals surface area contributed by atoms with Crippen LogP contribution in [0, 0.1) is 0 Å². The predicted molar refractivity (Wildman–Crippen MR) is 136 cm³/mol. The summed E-state index contributed by atoms with van der Waals surface area (Å²) in [5.74, 6) is 0.748. The van der Waals surface area contributed by atoms with Crippen LogP contribution < -0.4 is 5.32 Å². The van der Waals surface area contributed by atoms with Gasteiger partial charge in [-0.05, 0) is 36.8 Å². The molecule has 2 heterocycles. The van der Waals surface area contributed by atoms with Crippen LogP contribution in [0.4, 0.5) is 0 Å². The van der Waals surface area contributed by atoms with Gasteiger partial charge >= 0.3 is 0 Å². The maximum absolute atomic E-state index is 13.4. The van der Waals surface area contributed by atoms with Gasteiger partial charge in [-0.25, -0.2) is 4.98 Å². The van der Waals surface area contributed by atoms with E-state index in [1.54, 1.807) is 11.8 Å². The Morgan fingerprint density at radius 3 is 2.79 bits per heavy atom. The van der Waals surface area contributed by atoms with Gasteiger partial charge in [0.15, 0.2) is 5.17 Å². The number of carbonyl (C=O) groups excluding carboxylic acids is 1. The van der Waals surface area contributed by atoms with Gasteiger partial charge in [0.25, 0.3) is 0 Å². The fraction of sp³-hybridized carbons (Fsp3) is 0.192. The van der Waals surface area contributed by atoms with Crippen LogP contribution in [0.5, 0.6) is 0 Å². The largest absolute Gasteiger partial charge is 0.494 e. The van der Waals surface area contributed by atoms with Gasteiger partial charge < -0.3 is 10.1 Å². The number of amidine groups is 1. The number of hydrogen-bond acceptors (Lipinski definition) is 6. The van der Waals surface area contributed by atoms with E-state index < -0.39 is 5.25 Å². The molecular formula is C26H23N3O2S2. The number of para-hydroxylation sites is 1. The van der Waals surface area contributed by atoms with E-state index >= 15 is 0 Å². The quantitative estimate of drug-likeness (QED) is 0.478. The number of benzene rings is 2. The molecule has 0 fully saturated rings. The van der Waals surface area contributed by atoms with Crippen LogP contribution >= 0.6 is 23.5 Å². The monoisotopic (exact) mass is 473 g/mol. The van der Waals surface area contributed by atoms with Crippen LogP contribution in [0.25, 0.3) is 10.9 Å². The van der Waals surface area contributed by atoms with Crippen LogP contribution in [0.2, 0.25) is 0 Å². The zero-order valence-corrected chi connectivity index (χ0v) is 19.7. The molecule has 0 bridgehead atoms. The standard InChI is InChI=1S/C26H23N3O2S2/c1-2-31-19-13-14-21-22(16-19)32-26(28-21)29-25(30)24(18-9-4-3-5-10-18)33-23-15-12-17-8-6-7-11-20(17)27-23/h3-16,21-22,24H,2H2,1H3,(H,28,29,30)/t21-,22-,24+/m0/s1. The Morgan fingerprint density at radius 1 is 1.12 bits per heavy atom. The third kappa shape index (κ3) is 4.99. The maximum Gasteiger partial charge on any atom is 0.243 e. The van der Waals surface area contributed by atoms with Crippen LogP contribution in [0.3, 0.4) is 0 Å². The number of carbonyl (C=O) groups is 1. The Morgan fingerprint density at radius 2 is 1.94 bits per heavy atom. The molecule has 2 aliphatic rings. The van der Waals surface area contributed by atoms with Gasteiger partial charge in [0.05, 0.1) is 28.4 Å². The van der Waals surface area contributed by atoms with Gasteiger partial charge in [0.2, 0.25) is 5.91 Å². The van der Waals surface area contributed by atoms with Gasteiger partial charge in [-0.1, -0.05) is 84.2 Å². The molecule has 2 aromatic carbocycles. The van der Waals surface area contributed by atoms with Crippen molar-refractivity contribution in [3.05, 3.63) is 96.3 Å². The Bertz CT molecular complexity index is 1260. The molecule has 1 aliphatic heterocycles. The lowest BCUT2D eigenvalue weighted by Gasteiger charge is -2.17. The summed E-state index contributed by atoms with van der Waals surface area (Å²) >= 11 is 3.01. The summed E-state index contributed by atoms with van der Waals surface area (Å²) in [4.78, 5) is 22.9. The second kappa shape index (κ2) is 9.85. The molecule has 33 heavy (non-hydrogen) atoms. The van der Waals surface area contributed by atoms with Crippen molar-refractivity contribution in [3.8, 4) is 0 Å². The van der Waals surface area contributed by atoms with Crippen LogP contribution in [0.1, 0.15) is 17.7 Å². The first-order valence-electron chi connectivity index (χ1n) is 10.8. The summed E-state index contributed by atoms with van der Waals surface area (Å²) in [6.07, 6.45) is 6.06. The number of nitrogens with zero attached hydrogens (tertiary/aromatic N) is 2. The van der Waals surface area contributed by atoms with E-state index in [0.29, 0.717) is 11.8 Å². The first-order chi connectivity index (χ1) is 16.2. The van der Waals surface area contributed by atoms with Crippen molar-refractivity contribution in [3.63, 3.8) is 0 Å². The average molecular weight is 474 g/mol. The number of aliphatic imine (C=N–C) groups is 1. The number of thioether (sulfide) groups is 2. The van der Waals surface area contributed by atoms with Crippen molar-refractivity contribution in [1.29, 1.82) is 0 Å². The normalized spacial score (nSPS) is 20.0. The van der Waals surface area contributed by atoms with Crippen molar-refractivity contribution in [2.45, 2.75) is 28.5 Å². The van der Waals surface area contributed by atoms with Gasteiger partial charge in [0.1, 0.15) is 11.0 Å². The summed E-state index contributed by atoms with van der Waals surface area (Å²) in [5.41, 5.74) is 1.84. The summed E-state index contributed by atoms with van der Waals surface area (Å²) in [6, 6.07) is 21.8. The first kappa shape index (κ1) is 21.8. The Kier molecular flexibility index (Phi) is 6.51. The molecule has 3 aromatic rings. The Balaban J connectivity index is 1.35. The average Bonchev–Trinajstić information content (AvgIpc) is 3.24. The number of pyridine rings is 1. The molecule has 3 atom stereocenters. The molecule has 0 unspecified atom stereocenters. The molecule has 0 saturated carbocycles. The van der Waals surface area contributed by atoms with E-state index in [2.05, 4.69) is 11.4 Å². The second-order valence-corrected chi connectivity index (χ2v) is 9.90. The lowest BCUT2D eigenvalue weighted by molar-refractivity contribution is -0.119. The fourth-order valence-corrected chi connectivity index (χ4v) is 5.86. The fourth-order valence-electron chi connectivity index (χ4n) is 3.76. The lowest BCUT2D eigenvalue weighted by atomic mass is 10.1. The zero-order valence-electron chi connectivity index (χ0n) is 18.0. The minimum Gasteiger partial charge on any atom is -0.494 e. The van der Waals surface area contributed by atoms with Crippen molar-refractivity contribution >= 4 is 45.5 Å². The van der Waals surface area contributed by atoms with E-state index in [-0.39, 0.29) is 17.2 Å². The smallest absolute Gasteiger partial charge is 0.243 e. The third-order valence-corrected chi connectivity index (χ3v) is 7.64. The second-order valence-electron chi connectivity index (χ2n) is 7.61. The van der Waals surface area contributed by atoms with Gasteiger partial charge in [0, 0.05) is 5.39 Å². The van der Waals surface area contributed by atoms with E-state index in [1.165, 1.54) is 11.8 Å². The number of aromatic nitrogens is 1. The highest BCUT2D eigenvalue weighted by molar-refractivity contribution is 8.14. The minimum absolute atomic E-state index is 0.0134. The van der Waals surface area contributed by atoms with Gasteiger partial charge in [-0.3, -0.25) is 9.79 Å². The third-order valence-electron chi connectivity index (χ3n) is 5.33. The summed E-state index contributed by atoms with van der Waals surface area (Å²) in [7, 11) is 0. The number of rotatable bonds is 6. The Hall–Kier alpha value is -3.03. The molecule has 5 nitrogen and oxygen atoms in total. The van der Waals surface area contributed by atoms with Crippen LogP contribution in [-0.4, -0.2) is 34.0 Å². The highest BCUT2D eigenvalue weighted by Crippen LogP contribution is 2.37. The summed E-state index contributed by atoms with van der Waals surface area (Å²) in [5, 5.41) is 5.27. The summed E-state index contributed by atoms with van der Waals surface area (Å²) in [6.45, 7) is 2.60. The van der Waals surface area contributed by atoms with E-state index in [0.717, 1.165) is 27.3 Å². The first-order valence-corrected chi connectivity index (χ1v) is 12.6. The number of allylic oxidation sites excluding steroid dienone is 1. The molecule has 1 amide bonds. The molecule has 0 spiro atoms. The lowest BCUT2D eigenvalue weighted by Crippen LogP contribution is -2.31. The number of ether oxygens (including phenoxy) is 1. The highest BCUT2D eigenvalue weighted by Gasteiger charge is 2.32.